The molecule has 0 fully saturated rings. The molecule has 0 N–H and O–H groups in total. The van der Waals surface area contributed by atoms with Crippen LogP contribution in [0.2, 0.25) is 0 Å². The van der Waals surface area contributed by atoms with Gasteiger partial charge in [0.1, 0.15) is 0 Å². The highest BCUT2D eigenvalue weighted by atomic mass is 32.2. The van der Waals surface area contributed by atoms with Gasteiger partial charge >= 0.3 is 0 Å². The first-order chi connectivity index (χ1) is 5.35. The van der Waals surface area contributed by atoms with Crippen LogP contribution >= 0.6 is 23.5 Å². The lowest BCUT2D eigenvalue weighted by molar-refractivity contribution is 1.11. The summed E-state index contributed by atoms with van der Waals surface area (Å²) in [5, 5.41) is 0. The van der Waals surface area contributed by atoms with E-state index in [1.807, 2.05) is 23.5 Å². The molecule has 11 heavy (non-hydrogen) atoms. The van der Waals surface area contributed by atoms with Crippen molar-refractivity contribution in [2.45, 2.75) is 33.6 Å². The van der Waals surface area contributed by atoms with Gasteiger partial charge in [-0.3, -0.25) is 0 Å². The lowest BCUT2D eigenvalue weighted by Crippen LogP contribution is -1.78. The van der Waals surface area contributed by atoms with E-state index < -0.39 is 0 Å². The summed E-state index contributed by atoms with van der Waals surface area (Å²) >= 11 is 3.97. The second kappa shape index (κ2) is 8.54. The third kappa shape index (κ3) is 6.82. The molecule has 0 radical (unpaired) electrons. The van der Waals surface area contributed by atoms with E-state index in [4.69, 9.17) is 0 Å². The summed E-state index contributed by atoms with van der Waals surface area (Å²) in [6.07, 6.45) is 4.77. The van der Waals surface area contributed by atoms with E-state index in [9.17, 15) is 0 Å². The smallest absolute Gasteiger partial charge is 0.0357 e. The monoisotopic (exact) mass is 190 g/mol. The van der Waals surface area contributed by atoms with Crippen LogP contribution in [0.4, 0.5) is 0 Å². The van der Waals surface area contributed by atoms with Gasteiger partial charge in [-0.1, -0.05) is 19.9 Å². The number of rotatable bonds is 6. The van der Waals surface area contributed by atoms with Gasteiger partial charge < -0.3 is 0 Å². The summed E-state index contributed by atoms with van der Waals surface area (Å²) < 4.78 is 1.49. The molecule has 0 amide bonds. The molecule has 0 atom stereocenters. The average Bonchev–Trinajstić information content (AvgIpc) is 2.05. The highest BCUT2D eigenvalue weighted by molar-refractivity contribution is 8.22. The molecule has 2 heteroatoms. The maximum absolute atomic E-state index is 2.23. The topological polar surface area (TPSA) is 0 Å². The molecule has 0 aromatic carbocycles. The molecule has 0 aliphatic heterocycles. The van der Waals surface area contributed by atoms with Gasteiger partial charge in [0.2, 0.25) is 0 Å². The minimum atomic E-state index is 1.26. The molecule has 0 aliphatic rings. The number of hydrogen-bond acceptors (Lipinski definition) is 2. The number of hydrogen-bond donors (Lipinski definition) is 0. The van der Waals surface area contributed by atoms with Crippen molar-refractivity contribution in [1.82, 2.24) is 0 Å². The van der Waals surface area contributed by atoms with Gasteiger partial charge in [-0.25, -0.2) is 0 Å². The van der Waals surface area contributed by atoms with E-state index in [1.54, 1.807) is 0 Å². The zero-order chi connectivity index (χ0) is 8.53. The molecule has 0 saturated heterocycles. The molecular weight excluding hydrogens is 172 g/mol. The molecule has 66 valence electrons. The van der Waals surface area contributed by atoms with Crippen LogP contribution in [0.25, 0.3) is 0 Å². The minimum Gasteiger partial charge on any atom is -0.120 e. The Bertz CT molecular complexity index is 98.1. The molecule has 0 aliphatic carbocycles. The molecule has 0 aromatic heterocycles. The fraction of sp³-hybridized carbons (Fsp3) is 0.778. The Balaban J connectivity index is 3.43. The van der Waals surface area contributed by atoms with Crippen LogP contribution in [-0.2, 0) is 0 Å². The molecule has 0 nitrogen and oxygen atoms in total. The Kier molecular flexibility index (Phi) is 8.88. The van der Waals surface area contributed by atoms with Crippen molar-refractivity contribution >= 4 is 23.5 Å². The summed E-state index contributed by atoms with van der Waals surface area (Å²) in [6.45, 7) is 6.58. The largest absolute Gasteiger partial charge is 0.120 e. The van der Waals surface area contributed by atoms with Crippen molar-refractivity contribution in [2.24, 2.45) is 0 Å². The predicted octanol–water partition coefficient (Wildman–Crippen LogP) is 4.13. The number of thioether (sulfide) groups is 2. The van der Waals surface area contributed by atoms with Crippen LogP contribution < -0.4 is 0 Å². The van der Waals surface area contributed by atoms with Gasteiger partial charge in [0.15, 0.2) is 0 Å². The first-order valence-corrected chi connectivity index (χ1v) is 6.24. The Hall–Kier alpha value is 0.440. The molecular formula is C9H18S2. The van der Waals surface area contributed by atoms with Crippen molar-refractivity contribution in [1.29, 1.82) is 0 Å². The molecule has 0 unspecified atom stereocenters. The van der Waals surface area contributed by atoms with Gasteiger partial charge in [0, 0.05) is 4.24 Å². The van der Waals surface area contributed by atoms with Crippen LogP contribution in [0, 0.1) is 0 Å². The summed E-state index contributed by atoms with van der Waals surface area (Å²) in [4.78, 5) is 0. The molecule has 0 saturated carbocycles. The van der Waals surface area contributed by atoms with Crippen LogP contribution in [0.3, 0.4) is 0 Å². The maximum Gasteiger partial charge on any atom is 0.0357 e. The number of allylic oxidation sites excluding steroid dienone is 1. The van der Waals surface area contributed by atoms with Gasteiger partial charge in [-0.05, 0) is 31.3 Å². The van der Waals surface area contributed by atoms with Crippen molar-refractivity contribution in [2.75, 3.05) is 11.5 Å². The molecule has 0 aromatic rings. The van der Waals surface area contributed by atoms with E-state index in [0.29, 0.717) is 0 Å². The van der Waals surface area contributed by atoms with E-state index in [0.717, 1.165) is 0 Å². The fourth-order valence-electron chi connectivity index (χ4n) is 0.614. The van der Waals surface area contributed by atoms with E-state index in [-0.39, 0.29) is 0 Å². The summed E-state index contributed by atoms with van der Waals surface area (Å²) in [6, 6.07) is 0. The third-order valence-electron chi connectivity index (χ3n) is 1.13. The Morgan fingerprint density at radius 1 is 1.09 bits per heavy atom. The molecule has 0 rings (SSSR count). The second-order valence-corrected chi connectivity index (χ2v) is 4.84. The summed E-state index contributed by atoms with van der Waals surface area (Å²) in [5.74, 6) is 2.52. The van der Waals surface area contributed by atoms with Gasteiger partial charge in [-0.15, -0.1) is 23.5 Å². The molecule has 0 bridgehead atoms. The van der Waals surface area contributed by atoms with Gasteiger partial charge in [0.25, 0.3) is 0 Å². The Morgan fingerprint density at radius 3 is 1.82 bits per heavy atom. The summed E-state index contributed by atoms with van der Waals surface area (Å²) in [7, 11) is 0. The lowest BCUT2D eigenvalue weighted by atomic mass is 10.6. The van der Waals surface area contributed by atoms with Crippen LogP contribution in [0.15, 0.2) is 10.3 Å². The van der Waals surface area contributed by atoms with Crippen molar-refractivity contribution in [3.05, 3.63) is 10.3 Å². The van der Waals surface area contributed by atoms with E-state index >= 15 is 0 Å². The van der Waals surface area contributed by atoms with Gasteiger partial charge in [-0.2, -0.15) is 0 Å². The normalized spacial score (nSPS) is 9.73. The predicted molar refractivity (Wildman–Crippen MR) is 59.3 cm³/mol. The lowest BCUT2D eigenvalue weighted by Gasteiger charge is -2.03. The van der Waals surface area contributed by atoms with Crippen LogP contribution in [0.5, 0.6) is 0 Å². The van der Waals surface area contributed by atoms with Crippen molar-refractivity contribution < 1.29 is 0 Å². The van der Waals surface area contributed by atoms with Gasteiger partial charge in [0.05, 0.1) is 0 Å². The third-order valence-corrected chi connectivity index (χ3v) is 4.10. The second-order valence-electron chi connectivity index (χ2n) is 2.30. The first kappa shape index (κ1) is 11.4. The zero-order valence-corrected chi connectivity index (χ0v) is 9.36. The summed E-state index contributed by atoms with van der Waals surface area (Å²) in [5.41, 5.74) is 0. The van der Waals surface area contributed by atoms with E-state index in [1.165, 1.54) is 28.6 Å². The molecule has 0 heterocycles. The van der Waals surface area contributed by atoms with E-state index in [2.05, 4.69) is 26.8 Å². The maximum atomic E-state index is 2.23. The van der Waals surface area contributed by atoms with Crippen molar-refractivity contribution in [3.63, 3.8) is 0 Å². The standard InChI is InChI=1S/C9H18S2/c1-4-7-10-9(6-3)11-8-5-2/h6H,4-5,7-8H2,1-3H3. The SMILES string of the molecule is CC=C(SCCC)SCCC. The van der Waals surface area contributed by atoms with Crippen molar-refractivity contribution in [3.8, 4) is 0 Å². The first-order valence-electron chi connectivity index (χ1n) is 4.27. The van der Waals surface area contributed by atoms with Crippen LogP contribution in [0.1, 0.15) is 33.6 Å². The molecule has 0 spiro atoms. The Labute approximate surface area is 79.2 Å². The highest BCUT2D eigenvalue weighted by Gasteiger charge is 1.95. The fourth-order valence-corrected chi connectivity index (χ4v) is 2.59. The Morgan fingerprint density at radius 2 is 1.55 bits per heavy atom. The zero-order valence-electron chi connectivity index (χ0n) is 7.72. The van der Waals surface area contributed by atoms with Crippen LogP contribution in [-0.4, -0.2) is 11.5 Å². The highest BCUT2D eigenvalue weighted by Crippen LogP contribution is 2.28. The quantitative estimate of drug-likeness (QED) is 0.617. The average molecular weight is 190 g/mol. The minimum absolute atomic E-state index is 1.26.